The second kappa shape index (κ2) is 4.79. The Morgan fingerprint density at radius 3 is 2.33 bits per heavy atom. The molecule has 0 fully saturated rings. The number of nitrogens with two attached hydrogens (primary N) is 1. The highest BCUT2D eigenvalue weighted by Crippen LogP contribution is 2.25. The summed E-state index contributed by atoms with van der Waals surface area (Å²) in [7, 11) is 0. The van der Waals surface area contributed by atoms with Crippen LogP contribution in [0.15, 0.2) is 0 Å². The molecule has 2 N–H and O–H groups in total. The smallest absolute Gasteiger partial charge is 0.0644 e. The maximum Gasteiger partial charge on any atom is 0.0644 e. The third-order valence-corrected chi connectivity index (χ3v) is 3.20. The fourth-order valence-electron chi connectivity index (χ4n) is 2.02. The van der Waals surface area contributed by atoms with Crippen molar-refractivity contribution >= 4 is 0 Å². The first-order valence-electron chi connectivity index (χ1n) is 5.84. The molecular weight excluding hydrogens is 186 g/mol. The average Bonchev–Trinajstić information content (AvgIpc) is 2.52. The molecule has 0 radical (unpaired) electrons. The summed E-state index contributed by atoms with van der Waals surface area (Å²) in [5.74, 6) is 0. The Bertz CT molecular complexity index is 328. The predicted octanol–water partition coefficient (Wildman–Crippen LogP) is 2.88. The summed E-state index contributed by atoms with van der Waals surface area (Å²) in [5, 5.41) is 4.59. The van der Waals surface area contributed by atoms with Crippen LogP contribution >= 0.6 is 0 Å². The monoisotopic (exact) mass is 209 g/mol. The third-order valence-electron chi connectivity index (χ3n) is 3.20. The molecule has 1 aromatic heterocycles. The first kappa shape index (κ1) is 12.2. The lowest BCUT2D eigenvalue weighted by Gasteiger charge is -2.13. The number of rotatable bonds is 4. The molecule has 0 aliphatic heterocycles. The fraction of sp³-hybridized carbons (Fsp3) is 0.750. The van der Waals surface area contributed by atoms with Gasteiger partial charge in [0, 0.05) is 23.3 Å². The summed E-state index contributed by atoms with van der Waals surface area (Å²) in [4.78, 5) is 0. The van der Waals surface area contributed by atoms with E-state index in [-0.39, 0.29) is 6.04 Å². The van der Waals surface area contributed by atoms with E-state index in [9.17, 15) is 0 Å². The Balaban J connectivity index is 3.14. The van der Waals surface area contributed by atoms with Gasteiger partial charge < -0.3 is 5.73 Å². The molecule has 0 bridgehead atoms. The van der Waals surface area contributed by atoms with Crippen LogP contribution in [0.3, 0.4) is 0 Å². The molecule has 0 saturated heterocycles. The van der Waals surface area contributed by atoms with Crippen molar-refractivity contribution in [1.82, 2.24) is 9.78 Å². The van der Waals surface area contributed by atoms with Gasteiger partial charge in [-0.2, -0.15) is 5.10 Å². The van der Waals surface area contributed by atoms with Crippen LogP contribution in [0.5, 0.6) is 0 Å². The minimum atomic E-state index is 0.128. The van der Waals surface area contributed by atoms with Crippen molar-refractivity contribution in [3.63, 3.8) is 0 Å². The van der Waals surface area contributed by atoms with Crippen LogP contribution in [0.4, 0.5) is 0 Å². The summed E-state index contributed by atoms with van der Waals surface area (Å²) in [6, 6.07) is 0.587. The van der Waals surface area contributed by atoms with Gasteiger partial charge in [0.1, 0.15) is 0 Å². The second-order valence-corrected chi connectivity index (χ2v) is 4.30. The molecule has 3 heteroatoms. The quantitative estimate of drug-likeness (QED) is 0.828. The van der Waals surface area contributed by atoms with E-state index >= 15 is 0 Å². The number of nitrogens with zero attached hydrogens (tertiary/aromatic N) is 2. The highest BCUT2D eigenvalue weighted by Gasteiger charge is 2.18. The molecule has 15 heavy (non-hydrogen) atoms. The van der Waals surface area contributed by atoms with Crippen LogP contribution < -0.4 is 5.73 Å². The molecule has 0 aliphatic rings. The van der Waals surface area contributed by atoms with Crippen LogP contribution in [0.25, 0.3) is 0 Å². The molecular formula is C12H23N3. The average molecular weight is 209 g/mol. The molecule has 1 heterocycles. The van der Waals surface area contributed by atoms with Crippen molar-refractivity contribution in [3.05, 3.63) is 17.0 Å². The Morgan fingerprint density at radius 1 is 1.27 bits per heavy atom. The van der Waals surface area contributed by atoms with Crippen molar-refractivity contribution in [3.8, 4) is 0 Å². The van der Waals surface area contributed by atoms with E-state index in [1.165, 1.54) is 11.3 Å². The maximum absolute atomic E-state index is 6.10. The molecule has 2 atom stereocenters. The molecule has 0 spiro atoms. The molecule has 0 aliphatic carbocycles. The van der Waals surface area contributed by atoms with Gasteiger partial charge in [-0.15, -0.1) is 0 Å². The van der Waals surface area contributed by atoms with Crippen LogP contribution in [-0.2, 0) is 0 Å². The van der Waals surface area contributed by atoms with Crippen LogP contribution in [0.1, 0.15) is 62.6 Å². The lowest BCUT2D eigenvalue weighted by Crippen LogP contribution is -2.12. The summed E-state index contributed by atoms with van der Waals surface area (Å²) < 4.78 is 2.11. The van der Waals surface area contributed by atoms with Crippen LogP contribution in [0, 0.1) is 13.8 Å². The van der Waals surface area contributed by atoms with Gasteiger partial charge in [0.05, 0.1) is 5.69 Å². The van der Waals surface area contributed by atoms with E-state index in [0.717, 1.165) is 18.5 Å². The minimum absolute atomic E-state index is 0.128. The molecule has 2 unspecified atom stereocenters. The number of aromatic nitrogens is 2. The zero-order valence-electron chi connectivity index (χ0n) is 10.5. The van der Waals surface area contributed by atoms with Gasteiger partial charge in [-0.05, 0) is 33.6 Å². The summed E-state index contributed by atoms with van der Waals surface area (Å²) in [5.41, 5.74) is 9.65. The lowest BCUT2D eigenvalue weighted by molar-refractivity contribution is 0.464. The van der Waals surface area contributed by atoms with Crippen molar-refractivity contribution in [2.24, 2.45) is 5.73 Å². The van der Waals surface area contributed by atoms with Gasteiger partial charge in [0.2, 0.25) is 0 Å². The third kappa shape index (κ3) is 2.23. The number of hydrogen-bond acceptors (Lipinski definition) is 2. The van der Waals surface area contributed by atoms with Gasteiger partial charge >= 0.3 is 0 Å². The highest BCUT2D eigenvalue weighted by atomic mass is 15.3. The Kier molecular flexibility index (Phi) is 3.91. The fourth-order valence-corrected chi connectivity index (χ4v) is 2.02. The van der Waals surface area contributed by atoms with E-state index in [4.69, 9.17) is 5.73 Å². The van der Waals surface area contributed by atoms with Crippen molar-refractivity contribution < 1.29 is 0 Å². The van der Waals surface area contributed by atoms with Crippen LogP contribution in [-0.4, -0.2) is 9.78 Å². The van der Waals surface area contributed by atoms with E-state index in [1.54, 1.807) is 0 Å². The lowest BCUT2D eigenvalue weighted by atomic mass is 10.0. The van der Waals surface area contributed by atoms with Crippen molar-refractivity contribution in [2.75, 3.05) is 0 Å². The zero-order valence-corrected chi connectivity index (χ0v) is 10.5. The summed E-state index contributed by atoms with van der Waals surface area (Å²) in [6.45, 7) is 10.7. The Labute approximate surface area is 92.7 Å². The standard InChI is InChI=1S/C12H23N3/c1-6-8(3)15-10(5)12(9(4)14-15)11(13)7-2/h8,11H,6-7,13H2,1-5H3. The van der Waals surface area contributed by atoms with Crippen LogP contribution in [0.2, 0.25) is 0 Å². The molecule has 0 aromatic carbocycles. The largest absolute Gasteiger partial charge is 0.324 e. The van der Waals surface area contributed by atoms with E-state index in [2.05, 4.69) is 44.4 Å². The highest BCUT2D eigenvalue weighted by molar-refractivity contribution is 5.28. The Morgan fingerprint density at radius 2 is 1.87 bits per heavy atom. The van der Waals surface area contributed by atoms with Gasteiger partial charge in [-0.1, -0.05) is 13.8 Å². The summed E-state index contributed by atoms with van der Waals surface area (Å²) >= 11 is 0. The molecule has 0 amide bonds. The minimum Gasteiger partial charge on any atom is -0.324 e. The maximum atomic E-state index is 6.10. The molecule has 1 aromatic rings. The SMILES string of the molecule is CCC(N)c1c(C)nn(C(C)CC)c1C. The number of aryl methyl sites for hydroxylation is 1. The van der Waals surface area contributed by atoms with Gasteiger partial charge in [-0.25, -0.2) is 0 Å². The summed E-state index contributed by atoms with van der Waals surface area (Å²) in [6.07, 6.45) is 2.07. The topological polar surface area (TPSA) is 43.8 Å². The van der Waals surface area contributed by atoms with Gasteiger partial charge in [-0.3, -0.25) is 4.68 Å². The molecule has 0 saturated carbocycles. The van der Waals surface area contributed by atoms with E-state index in [0.29, 0.717) is 6.04 Å². The Hall–Kier alpha value is -0.830. The molecule has 86 valence electrons. The molecule has 3 nitrogen and oxygen atoms in total. The normalized spacial score (nSPS) is 15.3. The van der Waals surface area contributed by atoms with E-state index in [1.807, 2.05) is 0 Å². The number of hydrogen-bond donors (Lipinski definition) is 1. The van der Waals surface area contributed by atoms with Crippen molar-refractivity contribution in [1.29, 1.82) is 0 Å². The predicted molar refractivity (Wildman–Crippen MR) is 63.9 cm³/mol. The second-order valence-electron chi connectivity index (χ2n) is 4.30. The van der Waals surface area contributed by atoms with Gasteiger partial charge in [0.25, 0.3) is 0 Å². The first-order valence-corrected chi connectivity index (χ1v) is 5.84. The van der Waals surface area contributed by atoms with E-state index < -0.39 is 0 Å². The molecule has 1 rings (SSSR count). The van der Waals surface area contributed by atoms with Crippen molar-refractivity contribution in [2.45, 2.75) is 59.5 Å². The first-order chi connectivity index (χ1) is 7.02. The zero-order chi connectivity index (χ0) is 11.6. The van der Waals surface area contributed by atoms with Gasteiger partial charge in [0.15, 0.2) is 0 Å².